The Morgan fingerprint density at radius 1 is 1.40 bits per heavy atom. The first kappa shape index (κ1) is 7.32. The lowest BCUT2D eigenvalue weighted by Crippen LogP contribution is -2.48. The molecule has 0 aliphatic carbocycles. The molecule has 2 nitrogen and oxygen atoms in total. The zero-order valence-electron chi connectivity index (χ0n) is 7.01. The fraction of sp³-hybridized carbons (Fsp3) is 0.625. The zero-order chi connectivity index (χ0) is 7.78. The molecule has 1 heterocycles. The molecule has 0 amide bonds. The van der Waals surface area contributed by atoms with Gasteiger partial charge in [0.25, 0.3) is 0 Å². The van der Waals surface area contributed by atoms with Crippen LogP contribution in [-0.2, 0) is 5.54 Å². The van der Waals surface area contributed by atoms with Gasteiger partial charge in [-0.15, -0.1) is 0 Å². The molecule has 0 N–H and O–H groups in total. The van der Waals surface area contributed by atoms with Crippen LogP contribution < -0.4 is 4.57 Å². The van der Waals surface area contributed by atoms with Gasteiger partial charge in [-0.3, -0.25) is 0 Å². The molecule has 1 rings (SSSR count). The first-order chi connectivity index (χ1) is 4.50. The zero-order valence-corrected chi connectivity index (χ0v) is 7.01. The van der Waals surface area contributed by atoms with Gasteiger partial charge in [-0.25, -0.2) is 0 Å². The summed E-state index contributed by atoms with van der Waals surface area (Å²) in [6, 6.07) is 0. The van der Waals surface area contributed by atoms with Crippen molar-refractivity contribution in [2.24, 2.45) is 0 Å². The van der Waals surface area contributed by atoms with Gasteiger partial charge in [0.1, 0.15) is 0 Å². The summed E-state index contributed by atoms with van der Waals surface area (Å²) in [6.45, 7) is 8.37. The van der Waals surface area contributed by atoms with Crippen molar-refractivity contribution in [2.45, 2.75) is 33.2 Å². The van der Waals surface area contributed by atoms with Crippen LogP contribution in [0.1, 0.15) is 26.5 Å². The van der Waals surface area contributed by atoms with Crippen LogP contribution in [0.15, 0.2) is 17.0 Å². The lowest BCUT2D eigenvalue weighted by molar-refractivity contribution is -0.756. The molecule has 1 aromatic heterocycles. The van der Waals surface area contributed by atoms with Crippen molar-refractivity contribution in [1.29, 1.82) is 0 Å². The van der Waals surface area contributed by atoms with Crippen LogP contribution in [0.2, 0.25) is 0 Å². The quantitative estimate of drug-likeness (QED) is 0.500. The van der Waals surface area contributed by atoms with Gasteiger partial charge in [-0.05, 0) is 0 Å². The molecule has 1 aromatic rings. The topological polar surface area (TPSA) is 17.0 Å². The number of oxazole rings is 1. The molecule has 2 heteroatoms. The van der Waals surface area contributed by atoms with Crippen LogP contribution in [0.3, 0.4) is 0 Å². The molecule has 0 spiro atoms. The summed E-state index contributed by atoms with van der Waals surface area (Å²) in [5.41, 5.74) is 0.137. The first-order valence-corrected chi connectivity index (χ1v) is 3.47. The molecule has 0 unspecified atom stereocenters. The second-order valence-electron chi connectivity index (χ2n) is 3.54. The maximum absolute atomic E-state index is 5.15. The monoisotopic (exact) mass is 140 g/mol. The number of hydrogen-bond acceptors (Lipinski definition) is 1. The molecular weight excluding hydrogens is 126 g/mol. The fourth-order valence-corrected chi connectivity index (χ4v) is 0.748. The molecule has 0 radical (unpaired) electrons. The molecule has 0 aromatic carbocycles. The van der Waals surface area contributed by atoms with E-state index in [-0.39, 0.29) is 5.54 Å². The molecule has 0 aliphatic rings. The van der Waals surface area contributed by atoms with Crippen molar-refractivity contribution in [3.05, 3.63) is 18.4 Å². The standard InChI is InChI=1S/C8H14NO/c1-7-5-9(6-10-7)8(2,3)4/h5-6H,1-4H3/q+1. The van der Waals surface area contributed by atoms with Crippen molar-refractivity contribution in [3.8, 4) is 0 Å². The second kappa shape index (κ2) is 2.11. The Morgan fingerprint density at radius 3 is 2.20 bits per heavy atom. The average Bonchev–Trinajstić information content (AvgIpc) is 2.11. The molecular formula is C8H14NO+. The minimum Gasteiger partial charge on any atom is -0.409 e. The third kappa shape index (κ3) is 1.38. The number of nitrogens with zero attached hydrogens (tertiary/aromatic N) is 1. The second-order valence-corrected chi connectivity index (χ2v) is 3.54. The minimum absolute atomic E-state index is 0.137. The van der Waals surface area contributed by atoms with Crippen LogP contribution in [0, 0.1) is 6.92 Å². The largest absolute Gasteiger partial charge is 0.409 e. The van der Waals surface area contributed by atoms with E-state index in [4.69, 9.17) is 4.42 Å². The van der Waals surface area contributed by atoms with Crippen molar-refractivity contribution in [3.63, 3.8) is 0 Å². The number of aryl methyl sites for hydroxylation is 1. The van der Waals surface area contributed by atoms with Crippen molar-refractivity contribution >= 4 is 0 Å². The highest BCUT2D eigenvalue weighted by Gasteiger charge is 2.22. The predicted molar refractivity (Wildman–Crippen MR) is 38.6 cm³/mol. The minimum atomic E-state index is 0.137. The smallest absolute Gasteiger partial charge is 0.335 e. The Morgan fingerprint density at radius 2 is 2.00 bits per heavy atom. The Kier molecular flexibility index (Phi) is 1.55. The third-order valence-corrected chi connectivity index (χ3v) is 1.45. The number of aromatic nitrogens is 1. The van der Waals surface area contributed by atoms with Crippen LogP contribution in [-0.4, -0.2) is 0 Å². The normalized spacial score (nSPS) is 12.0. The maximum atomic E-state index is 5.15. The lowest BCUT2D eigenvalue weighted by Gasteiger charge is -2.07. The molecule has 0 aliphatic heterocycles. The van der Waals surface area contributed by atoms with Gasteiger partial charge in [0.2, 0.25) is 6.20 Å². The van der Waals surface area contributed by atoms with Crippen LogP contribution in [0.4, 0.5) is 0 Å². The highest BCUT2D eigenvalue weighted by atomic mass is 16.3. The van der Waals surface area contributed by atoms with E-state index in [9.17, 15) is 0 Å². The summed E-state index contributed by atoms with van der Waals surface area (Å²) in [5, 5.41) is 0. The Balaban J connectivity index is 2.96. The van der Waals surface area contributed by atoms with Crippen LogP contribution >= 0.6 is 0 Å². The maximum Gasteiger partial charge on any atom is 0.335 e. The molecule has 0 atom stereocenters. The van der Waals surface area contributed by atoms with Gasteiger partial charge in [0.15, 0.2) is 11.3 Å². The summed E-state index contributed by atoms with van der Waals surface area (Å²) in [6.07, 6.45) is 3.75. The van der Waals surface area contributed by atoms with Crippen molar-refractivity contribution in [2.75, 3.05) is 0 Å². The van der Waals surface area contributed by atoms with Crippen molar-refractivity contribution in [1.82, 2.24) is 0 Å². The predicted octanol–water partition coefficient (Wildman–Crippen LogP) is 1.63. The lowest BCUT2D eigenvalue weighted by atomic mass is 10.1. The molecule has 10 heavy (non-hydrogen) atoms. The molecule has 0 bridgehead atoms. The number of hydrogen-bond donors (Lipinski definition) is 0. The summed E-state index contributed by atoms with van der Waals surface area (Å²) in [5.74, 6) is 0.954. The van der Waals surface area contributed by atoms with E-state index in [0.717, 1.165) is 5.76 Å². The fourth-order valence-electron chi connectivity index (χ4n) is 0.748. The van der Waals surface area contributed by atoms with E-state index in [0.29, 0.717) is 0 Å². The third-order valence-electron chi connectivity index (χ3n) is 1.45. The molecule has 0 saturated carbocycles. The van der Waals surface area contributed by atoms with E-state index in [1.54, 1.807) is 6.39 Å². The summed E-state index contributed by atoms with van der Waals surface area (Å²) >= 11 is 0. The van der Waals surface area contributed by atoms with Gasteiger partial charge in [0.05, 0.1) is 0 Å². The van der Waals surface area contributed by atoms with E-state index in [1.165, 1.54) is 0 Å². The van der Waals surface area contributed by atoms with Crippen LogP contribution in [0.25, 0.3) is 0 Å². The van der Waals surface area contributed by atoms with Gasteiger partial charge >= 0.3 is 6.39 Å². The molecule has 0 saturated heterocycles. The van der Waals surface area contributed by atoms with Gasteiger partial charge in [-0.2, -0.15) is 4.57 Å². The number of rotatable bonds is 0. The van der Waals surface area contributed by atoms with E-state index in [1.807, 2.05) is 13.1 Å². The average molecular weight is 140 g/mol. The Labute approximate surface area is 61.5 Å². The van der Waals surface area contributed by atoms with Gasteiger partial charge in [-0.1, -0.05) is 0 Å². The summed E-state index contributed by atoms with van der Waals surface area (Å²) in [7, 11) is 0. The molecule has 0 fully saturated rings. The Bertz CT molecular complexity index is 219. The van der Waals surface area contributed by atoms with Crippen LogP contribution in [0.5, 0.6) is 0 Å². The summed E-state index contributed by atoms with van der Waals surface area (Å²) < 4.78 is 7.21. The first-order valence-electron chi connectivity index (χ1n) is 3.47. The van der Waals surface area contributed by atoms with E-state index < -0.39 is 0 Å². The SMILES string of the molecule is Cc1c[n+](C(C)(C)C)co1. The van der Waals surface area contributed by atoms with E-state index >= 15 is 0 Å². The highest BCUT2D eigenvalue weighted by Crippen LogP contribution is 2.04. The van der Waals surface area contributed by atoms with E-state index in [2.05, 4.69) is 25.3 Å². The van der Waals surface area contributed by atoms with Gasteiger partial charge in [0, 0.05) is 27.7 Å². The van der Waals surface area contributed by atoms with Crippen molar-refractivity contribution < 1.29 is 8.98 Å². The van der Waals surface area contributed by atoms with Gasteiger partial charge < -0.3 is 4.42 Å². The summed E-state index contributed by atoms with van der Waals surface area (Å²) in [4.78, 5) is 0. The highest BCUT2D eigenvalue weighted by molar-refractivity contribution is 4.76. The Hall–Kier alpha value is -0.790. The molecule has 56 valence electrons.